The van der Waals surface area contributed by atoms with E-state index >= 15 is 0 Å². The third-order valence-electron chi connectivity index (χ3n) is 5.25. The number of aromatic nitrogens is 2. The number of rotatable bonds is 8. The summed E-state index contributed by atoms with van der Waals surface area (Å²) in [6.07, 6.45) is 3.61. The Balaban J connectivity index is 1.59. The van der Waals surface area contributed by atoms with Gasteiger partial charge < -0.3 is 9.47 Å². The van der Waals surface area contributed by atoms with Crippen LogP contribution in [0.3, 0.4) is 0 Å². The molecule has 0 saturated carbocycles. The van der Waals surface area contributed by atoms with E-state index in [0.717, 1.165) is 16.7 Å². The van der Waals surface area contributed by atoms with Crippen LogP contribution in [-0.2, 0) is 13.2 Å². The molecule has 0 aliphatic rings. The number of benzene rings is 3. The SMILES string of the molecule is Cc1c(/C=C/c2ccc(OCc3ccccc3)c(OCc3ccccc3)c2)n[nH]c(=O)c1C#N. The molecule has 0 radical (unpaired) electrons. The van der Waals surface area contributed by atoms with Crippen molar-refractivity contribution in [3.8, 4) is 17.6 Å². The van der Waals surface area contributed by atoms with E-state index in [4.69, 9.17) is 9.47 Å². The van der Waals surface area contributed by atoms with Gasteiger partial charge in [0.05, 0.1) is 5.69 Å². The van der Waals surface area contributed by atoms with E-state index in [0.29, 0.717) is 36.0 Å². The Bertz CT molecular complexity index is 1390. The molecular weight excluding hydrogens is 426 g/mol. The maximum Gasteiger partial charge on any atom is 0.282 e. The molecule has 3 aromatic carbocycles. The summed E-state index contributed by atoms with van der Waals surface area (Å²) in [5.74, 6) is 1.26. The van der Waals surface area contributed by atoms with Crippen LogP contribution >= 0.6 is 0 Å². The molecule has 6 heteroatoms. The summed E-state index contributed by atoms with van der Waals surface area (Å²) in [6, 6.07) is 27.5. The minimum absolute atomic E-state index is 0.0613. The predicted octanol–water partition coefficient (Wildman–Crippen LogP) is 5.28. The lowest BCUT2D eigenvalue weighted by Gasteiger charge is -2.14. The molecule has 34 heavy (non-hydrogen) atoms. The first-order valence-electron chi connectivity index (χ1n) is 10.8. The van der Waals surface area contributed by atoms with Crippen LogP contribution in [0.1, 0.15) is 33.5 Å². The summed E-state index contributed by atoms with van der Waals surface area (Å²) in [7, 11) is 0. The number of nitrogens with one attached hydrogen (secondary N) is 1. The Morgan fingerprint density at radius 3 is 2.12 bits per heavy atom. The molecule has 4 rings (SSSR count). The zero-order valence-corrected chi connectivity index (χ0v) is 18.7. The Labute approximate surface area is 197 Å². The normalized spacial score (nSPS) is 10.7. The molecule has 0 bridgehead atoms. The zero-order valence-electron chi connectivity index (χ0n) is 18.7. The molecule has 0 aliphatic carbocycles. The van der Waals surface area contributed by atoms with Crippen molar-refractivity contribution in [1.29, 1.82) is 5.26 Å². The summed E-state index contributed by atoms with van der Waals surface area (Å²) in [5, 5.41) is 15.6. The highest BCUT2D eigenvalue weighted by Crippen LogP contribution is 2.31. The average Bonchev–Trinajstić information content (AvgIpc) is 2.88. The van der Waals surface area contributed by atoms with Crippen molar-refractivity contribution in [2.75, 3.05) is 0 Å². The third kappa shape index (κ3) is 5.59. The van der Waals surface area contributed by atoms with Gasteiger partial charge in [-0.05, 0) is 47.4 Å². The number of hydrogen-bond acceptors (Lipinski definition) is 5. The van der Waals surface area contributed by atoms with Crippen LogP contribution in [0.25, 0.3) is 12.2 Å². The van der Waals surface area contributed by atoms with Gasteiger partial charge in [-0.2, -0.15) is 10.4 Å². The molecule has 4 aromatic rings. The molecular formula is C28H23N3O3. The molecule has 1 aromatic heterocycles. The fraction of sp³-hybridized carbons (Fsp3) is 0.107. The molecule has 0 fully saturated rings. The van der Waals surface area contributed by atoms with Gasteiger partial charge in [-0.3, -0.25) is 4.79 Å². The first-order valence-corrected chi connectivity index (χ1v) is 10.8. The second-order valence-electron chi connectivity index (χ2n) is 7.64. The average molecular weight is 450 g/mol. The number of hydrogen-bond donors (Lipinski definition) is 1. The van der Waals surface area contributed by atoms with Gasteiger partial charge in [0, 0.05) is 0 Å². The molecule has 168 valence electrons. The van der Waals surface area contributed by atoms with Gasteiger partial charge in [0.25, 0.3) is 5.56 Å². The van der Waals surface area contributed by atoms with Crippen LogP contribution in [0.2, 0.25) is 0 Å². The molecule has 6 nitrogen and oxygen atoms in total. The van der Waals surface area contributed by atoms with Crippen molar-refractivity contribution in [1.82, 2.24) is 10.2 Å². The number of H-pyrrole nitrogens is 1. The number of ether oxygens (including phenoxy) is 2. The Morgan fingerprint density at radius 1 is 0.882 bits per heavy atom. The van der Waals surface area contributed by atoms with Crippen LogP contribution in [0, 0.1) is 18.3 Å². The number of aromatic amines is 1. The highest BCUT2D eigenvalue weighted by Gasteiger charge is 2.10. The fourth-order valence-electron chi connectivity index (χ4n) is 3.35. The lowest BCUT2D eigenvalue weighted by atomic mass is 10.1. The van der Waals surface area contributed by atoms with Gasteiger partial charge in [0.15, 0.2) is 11.5 Å². The van der Waals surface area contributed by atoms with Gasteiger partial charge in [0.1, 0.15) is 24.8 Å². The Morgan fingerprint density at radius 2 is 1.50 bits per heavy atom. The highest BCUT2D eigenvalue weighted by atomic mass is 16.5. The first kappa shape index (κ1) is 22.6. The van der Waals surface area contributed by atoms with Crippen molar-refractivity contribution >= 4 is 12.2 Å². The van der Waals surface area contributed by atoms with Gasteiger partial charge in [-0.25, -0.2) is 5.10 Å². The molecule has 0 amide bonds. The quantitative estimate of drug-likeness (QED) is 0.395. The van der Waals surface area contributed by atoms with Gasteiger partial charge >= 0.3 is 0 Å². The van der Waals surface area contributed by atoms with Gasteiger partial charge in [-0.1, -0.05) is 72.8 Å². The van der Waals surface area contributed by atoms with Crippen LogP contribution in [0.4, 0.5) is 0 Å². The fourth-order valence-corrected chi connectivity index (χ4v) is 3.35. The second kappa shape index (κ2) is 10.8. The number of nitrogens with zero attached hydrogens (tertiary/aromatic N) is 2. The van der Waals surface area contributed by atoms with Gasteiger partial charge in [0.2, 0.25) is 0 Å². The van der Waals surface area contributed by atoms with Crippen LogP contribution in [0.5, 0.6) is 11.5 Å². The van der Waals surface area contributed by atoms with Gasteiger partial charge in [-0.15, -0.1) is 0 Å². The monoisotopic (exact) mass is 449 g/mol. The van der Waals surface area contributed by atoms with E-state index in [1.165, 1.54) is 0 Å². The van der Waals surface area contributed by atoms with E-state index in [-0.39, 0.29) is 5.56 Å². The number of nitriles is 1. The molecule has 0 atom stereocenters. The lowest BCUT2D eigenvalue weighted by Crippen LogP contribution is -2.15. The molecule has 0 unspecified atom stereocenters. The standard InChI is InChI=1S/C28H23N3O3/c1-20-24(17-29)28(32)31-30-25(20)14-12-21-13-15-26(33-18-22-8-4-2-5-9-22)27(16-21)34-19-23-10-6-3-7-11-23/h2-16H,18-19H2,1H3,(H,31,32)/b14-12+. The summed E-state index contributed by atoms with van der Waals surface area (Å²) in [5.41, 5.74) is 3.60. The minimum Gasteiger partial charge on any atom is -0.485 e. The summed E-state index contributed by atoms with van der Waals surface area (Å²) >= 11 is 0. The van der Waals surface area contributed by atoms with E-state index in [1.807, 2.05) is 91.0 Å². The highest BCUT2D eigenvalue weighted by molar-refractivity contribution is 5.71. The van der Waals surface area contributed by atoms with Crippen molar-refractivity contribution in [3.63, 3.8) is 0 Å². The smallest absolute Gasteiger partial charge is 0.282 e. The Hall–Kier alpha value is -4.63. The first-order chi connectivity index (χ1) is 16.6. The third-order valence-corrected chi connectivity index (χ3v) is 5.25. The minimum atomic E-state index is -0.492. The van der Waals surface area contributed by atoms with Crippen LogP contribution in [-0.4, -0.2) is 10.2 Å². The van der Waals surface area contributed by atoms with Crippen LogP contribution < -0.4 is 15.0 Å². The lowest BCUT2D eigenvalue weighted by molar-refractivity contribution is 0.256. The molecule has 1 N–H and O–H groups in total. The van der Waals surface area contributed by atoms with E-state index < -0.39 is 5.56 Å². The molecule has 0 spiro atoms. The summed E-state index contributed by atoms with van der Waals surface area (Å²) < 4.78 is 12.2. The maximum atomic E-state index is 11.7. The topological polar surface area (TPSA) is 88.0 Å². The van der Waals surface area contributed by atoms with Crippen molar-refractivity contribution < 1.29 is 9.47 Å². The largest absolute Gasteiger partial charge is 0.485 e. The van der Waals surface area contributed by atoms with Crippen molar-refractivity contribution in [2.24, 2.45) is 0 Å². The maximum absolute atomic E-state index is 11.7. The van der Waals surface area contributed by atoms with Crippen LogP contribution in [0.15, 0.2) is 83.7 Å². The molecule has 0 saturated heterocycles. The van der Waals surface area contributed by atoms with E-state index in [2.05, 4.69) is 10.2 Å². The Kier molecular flexibility index (Phi) is 7.16. The van der Waals surface area contributed by atoms with Crippen molar-refractivity contribution in [2.45, 2.75) is 20.1 Å². The van der Waals surface area contributed by atoms with E-state index in [9.17, 15) is 10.1 Å². The molecule has 1 heterocycles. The van der Waals surface area contributed by atoms with E-state index in [1.54, 1.807) is 13.0 Å². The second-order valence-corrected chi connectivity index (χ2v) is 7.64. The summed E-state index contributed by atoms with van der Waals surface area (Å²) in [6.45, 7) is 2.53. The zero-order chi connectivity index (χ0) is 23.8. The van der Waals surface area contributed by atoms with Crippen molar-refractivity contribution in [3.05, 3.63) is 123 Å². The summed E-state index contributed by atoms with van der Waals surface area (Å²) in [4.78, 5) is 11.7. The predicted molar refractivity (Wildman–Crippen MR) is 131 cm³/mol. The molecule has 0 aliphatic heterocycles.